The van der Waals surface area contributed by atoms with Crippen LogP contribution in [0.3, 0.4) is 0 Å². The van der Waals surface area contributed by atoms with Crippen molar-refractivity contribution in [2.45, 2.75) is 40.8 Å². The molecule has 0 atom stereocenters. The van der Waals surface area contributed by atoms with Crippen molar-refractivity contribution in [3.63, 3.8) is 0 Å². The number of hydrogen-bond donors (Lipinski definition) is 1. The van der Waals surface area contributed by atoms with E-state index in [0.29, 0.717) is 5.92 Å². The van der Waals surface area contributed by atoms with Crippen LogP contribution in [-0.2, 0) is 13.1 Å². The van der Waals surface area contributed by atoms with E-state index in [4.69, 9.17) is 0 Å². The summed E-state index contributed by atoms with van der Waals surface area (Å²) in [7, 11) is 0. The van der Waals surface area contributed by atoms with Gasteiger partial charge in [-0.05, 0) is 44.0 Å². The lowest BCUT2D eigenvalue weighted by Crippen LogP contribution is -2.18. The van der Waals surface area contributed by atoms with Gasteiger partial charge in [0, 0.05) is 28.2 Å². The molecule has 0 aliphatic carbocycles. The van der Waals surface area contributed by atoms with Crippen LogP contribution in [0.25, 0.3) is 0 Å². The Labute approximate surface area is 119 Å². The molecule has 0 aliphatic rings. The molecule has 0 saturated heterocycles. The largest absolute Gasteiger partial charge is 0.312 e. The van der Waals surface area contributed by atoms with Gasteiger partial charge in [-0.3, -0.25) is 4.68 Å². The third-order valence-corrected chi connectivity index (χ3v) is 4.27. The van der Waals surface area contributed by atoms with Gasteiger partial charge < -0.3 is 5.32 Å². The fraction of sp³-hybridized carbons (Fsp3) is 0.533. The van der Waals surface area contributed by atoms with Gasteiger partial charge >= 0.3 is 0 Å². The van der Waals surface area contributed by atoms with Gasteiger partial charge in [0.05, 0.1) is 6.54 Å². The van der Waals surface area contributed by atoms with E-state index in [1.54, 1.807) is 0 Å². The van der Waals surface area contributed by atoms with E-state index in [-0.39, 0.29) is 0 Å². The number of hydrogen-bond acceptors (Lipinski definition) is 3. The molecule has 0 unspecified atom stereocenters. The van der Waals surface area contributed by atoms with Crippen LogP contribution >= 0.6 is 11.3 Å². The van der Waals surface area contributed by atoms with Crippen molar-refractivity contribution >= 4 is 11.3 Å². The van der Waals surface area contributed by atoms with Crippen LogP contribution in [0.4, 0.5) is 0 Å². The molecule has 2 rings (SSSR count). The van der Waals surface area contributed by atoms with Crippen LogP contribution in [0.2, 0.25) is 0 Å². The molecule has 0 radical (unpaired) electrons. The lowest BCUT2D eigenvalue weighted by atomic mass is 10.2. The van der Waals surface area contributed by atoms with Crippen LogP contribution in [0.1, 0.15) is 34.9 Å². The molecule has 2 aromatic heterocycles. The summed E-state index contributed by atoms with van der Waals surface area (Å²) in [6, 6.07) is 4.36. The number of aromatic nitrogens is 2. The first-order chi connectivity index (χ1) is 9.06. The van der Waals surface area contributed by atoms with Crippen molar-refractivity contribution in [3.05, 3.63) is 39.3 Å². The Kier molecular flexibility index (Phi) is 4.77. The van der Waals surface area contributed by atoms with E-state index < -0.39 is 0 Å². The molecule has 0 aromatic carbocycles. The zero-order valence-electron chi connectivity index (χ0n) is 12.2. The molecule has 2 aromatic rings. The molecule has 104 valence electrons. The minimum Gasteiger partial charge on any atom is -0.312 e. The molecule has 1 N–H and O–H groups in total. The Morgan fingerprint density at radius 3 is 2.79 bits per heavy atom. The van der Waals surface area contributed by atoms with Crippen molar-refractivity contribution in [1.29, 1.82) is 0 Å². The standard InChI is InChI=1S/C15H23N3S/c1-11(2)8-16-9-15-7-14(13(4)19-15)10-18-12(3)5-6-17-18/h5-7,11,16H,8-10H2,1-4H3. The molecule has 0 aliphatic heterocycles. The van der Waals surface area contributed by atoms with Crippen molar-refractivity contribution in [2.75, 3.05) is 6.54 Å². The van der Waals surface area contributed by atoms with E-state index in [2.05, 4.69) is 48.9 Å². The predicted octanol–water partition coefficient (Wildman–Crippen LogP) is 3.36. The summed E-state index contributed by atoms with van der Waals surface area (Å²) >= 11 is 1.89. The van der Waals surface area contributed by atoms with Gasteiger partial charge in [0.2, 0.25) is 0 Å². The summed E-state index contributed by atoms with van der Waals surface area (Å²) in [4.78, 5) is 2.81. The highest BCUT2D eigenvalue weighted by Crippen LogP contribution is 2.22. The van der Waals surface area contributed by atoms with Crippen molar-refractivity contribution in [2.24, 2.45) is 5.92 Å². The molecule has 0 fully saturated rings. The van der Waals surface area contributed by atoms with Crippen LogP contribution in [0, 0.1) is 19.8 Å². The molecule has 3 nitrogen and oxygen atoms in total. The number of rotatable bonds is 6. The number of nitrogens with one attached hydrogen (secondary N) is 1. The smallest absolute Gasteiger partial charge is 0.0673 e. The summed E-state index contributed by atoms with van der Waals surface area (Å²) in [5.41, 5.74) is 2.60. The van der Waals surface area contributed by atoms with Gasteiger partial charge in [-0.15, -0.1) is 11.3 Å². The number of thiophene rings is 1. The third kappa shape index (κ3) is 3.91. The fourth-order valence-corrected chi connectivity index (χ4v) is 3.06. The molecule has 0 bridgehead atoms. The minimum absolute atomic E-state index is 0.701. The second-order valence-corrected chi connectivity index (χ2v) is 6.79. The van der Waals surface area contributed by atoms with E-state index in [1.807, 2.05) is 23.6 Å². The summed E-state index contributed by atoms with van der Waals surface area (Å²) in [6.45, 7) is 11.7. The van der Waals surface area contributed by atoms with Crippen LogP contribution in [-0.4, -0.2) is 16.3 Å². The Morgan fingerprint density at radius 1 is 1.37 bits per heavy atom. The molecule has 0 spiro atoms. The average molecular weight is 277 g/mol. The molecule has 2 heterocycles. The second-order valence-electron chi connectivity index (χ2n) is 5.45. The molecular formula is C15H23N3S. The molecule has 0 saturated carbocycles. The fourth-order valence-electron chi connectivity index (χ4n) is 2.04. The molecule has 19 heavy (non-hydrogen) atoms. The average Bonchev–Trinajstić information content (AvgIpc) is 2.87. The third-order valence-electron chi connectivity index (χ3n) is 3.17. The van der Waals surface area contributed by atoms with Crippen molar-refractivity contribution < 1.29 is 0 Å². The highest BCUT2D eigenvalue weighted by Gasteiger charge is 2.07. The van der Waals surface area contributed by atoms with Crippen LogP contribution in [0.5, 0.6) is 0 Å². The van der Waals surface area contributed by atoms with Gasteiger partial charge in [-0.2, -0.15) is 5.10 Å². The SMILES string of the molecule is Cc1sc(CNCC(C)C)cc1Cn1nccc1C. The summed E-state index contributed by atoms with van der Waals surface area (Å²) in [6.07, 6.45) is 1.86. The maximum absolute atomic E-state index is 4.35. The van der Waals surface area contributed by atoms with Crippen LogP contribution < -0.4 is 5.32 Å². The highest BCUT2D eigenvalue weighted by molar-refractivity contribution is 7.12. The monoisotopic (exact) mass is 277 g/mol. The van der Waals surface area contributed by atoms with Crippen LogP contribution in [0.15, 0.2) is 18.3 Å². The topological polar surface area (TPSA) is 29.9 Å². The summed E-state index contributed by atoms with van der Waals surface area (Å²) in [5.74, 6) is 0.701. The zero-order valence-corrected chi connectivity index (χ0v) is 13.0. The first kappa shape index (κ1) is 14.3. The van der Waals surface area contributed by atoms with Gasteiger partial charge in [0.25, 0.3) is 0 Å². The molecular weight excluding hydrogens is 254 g/mol. The Balaban J connectivity index is 1.99. The number of aryl methyl sites for hydroxylation is 2. The summed E-state index contributed by atoms with van der Waals surface area (Å²) in [5, 5.41) is 7.85. The van der Waals surface area contributed by atoms with Crippen molar-refractivity contribution in [1.82, 2.24) is 15.1 Å². The second kappa shape index (κ2) is 6.35. The van der Waals surface area contributed by atoms with Gasteiger partial charge in [0.15, 0.2) is 0 Å². The van der Waals surface area contributed by atoms with E-state index in [9.17, 15) is 0 Å². The molecule has 0 amide bonds. The zero-order chi connectivity index (χ0) is 13.8. The van der Waals surface area contributed by atoms with Gasteiger partial charge in [-0.1, -0.05) is 13.8 Å². The maximum atomic E-state index is 4.35. The quantitative estimate of drug-likeness (QED) is 0.877. The van der Waals surface area contributed by atoms with Crippen molar-refractivity contribution in [3.8, 4) is 0 Å². The Morgan fingerprint density at radius 2 is 2.16 bits per heavy atom. The molecule has 4 heteroatoms. The lowest BCUT2D eigenvalue weighted by molar-refractivity contribution is 0.554. The van der Waals surface area contributed by atoms with E-state index >= 15 is 0 Å². The van der Waals surface area contributed by atoms with Gasteiger partial charge in [0.1, 0.15) is 0 Å². The first-order valence-corrected chi connectivity index (χ1v) is 7.65. The highest BCUT2D eigenvalue weighted by atomic mass is 32.1. The normalized spacial score (nSPS) is 11.4. The number of nitrogens with zero attached hydrogens (tertiary/aromatic N) is 2. The van der Waals surface area contributed by atoms with Gasteiger partial charge in [-0.25, -0.2) is 0 Å². The predicted molar refractivity (Wildman–Crippen MR) is 81.7 cm³/mol. The Bertz CT molecular complexity index is 525. The minimum atomic E-state index is 0.701. The van der Waals surface area contributed by atoms with E-state index in [0.717, 1.165) is 19.6 Å². The maximum Gasteiger partial charge on any atom is 0.0673 e. The summed E-state index contributed by atoms with van der Waals surface area (Å²) < 4.78 is 2.06. The van der Waals surface area contributed by atoms with E-state index in [1.165, 1.54) is 21.0 Å². The first-order valence-electron chi connectivity index (χ1n) is 6.83. The lowest BCUT2D eigenvalue weighted by Gasteiger charge is -2.05. The Hall–Kier alpha value is -1.13.